The summed E-state index contributed by atoms with van der Waals surface area (Å²) in [4.78, 5) is 24.2. The Kier molecular flexibility index (Phi) is 7.70. The van der Waals surface area contributed by atoms with Crippen LogP contribution in [0.5, 0.6) is 11.5 Å². The smallest absolute Gasteiger partial charge is 0.341 e. The van der Waals surface area contributed by atoms with Gasteiger partial charge in [-0.25, -0.2) is 4.79 Å². The number of thiophene rings is 1. The molecular weight excluding hydrogens is 482 g/mol. The van der Waals surface area contributed by atoms with E-state index in [0.717, 1.165) is 26.9 Å². The molecule has 0 radical (unpaired) electrons. The van der Waals surface area contributed by atoms with E-state index in [9.17, 15) is 9.59 Å². The fraction of sp³-hybridized carbons (Fsp3) is 0.217. The maximum Gasteiger partial charge on any atom is 0.341 e. The lowest BCUT2D eigenvalue weighted by Gasteiger charge is -2.12. The Bertz CT molecular complexity index is 1080. The number of carbonyl (C=O) groups is 2. The number of nitrogens with one attached hydrogen (secondary N) is 1. The molecule has 0 saturated heterocycles. The molecule has 3 rings (SSSR count). The number of hydrogen-bond donors (Lipinski definition) is 1. The van der Waals surface area contributed by atoms with Crippen LogP contribution in [0.4, 0.5) is 5.00 Å². The van der Waals surface area contributed by atoms with Crippen molar-refractivity contribution in [3.8, 4) is 22.6 Å². The molecule has 0 fully saturated rings. The van der Waals surface area contributed by atoms with Crippen LogP contribution in [0.3, 0.4) is 0 Å². The summed E-state index contributed by atoms with van der Waals surface area (Å²) in [5.41, 5.74) is 2.92. The normalized spacial score (nSPS) is 10.5. The first-order valence-electron chi connectivity index (χ1n) is 9.56. The molecule has 0 amide bonds. The number of hydrogen-bond acceptors (Lipinski definition) is 7. The average molecular weight is 504 g/mol. The molecule has 0 aliphatic heterocycles. The van der Waals surface area contributed by atoms with Crippen LogP contribution in [-0.4, -0.2) is 25.7 Å². The molecule has 0 spiro atoms. The van der Waals surface area contributed by atoms with Crippen molar-refractivity contribution in [1.82, 2.24) is 0 Å². The lowest BCUT2D eigenvalue weighted by Crippen LogP contribution is -2.10. The zero-order chi connectivity index (χ0) is 22.4. The second-order valence-corrected chi connectivity index (χ2v) is 8.30. The predicted molar refractivity (Wildman–Crippen MR) is 125 cm³/mol. The number of anilines is 1. The molecule has 0 bridgehead atoms. The summed E-state index contributed by atoms with van der Waals surface area (Å²) in [5, 5.41) is 5.90. The monoisotopic (exact) mass is 503 g/mol. The minimum absolute atomic E-state index is 0.276. The van der Waals surface area contributed by atoms with Gasteiger partial charge in [0.15, 0.2) is 0 Å². The zero-order valence-electron chi connectivity index (χ0n) is 17.4. The Morgan fingerprint density at radius 3 is 2.52 bits per heavy atom. The lowest BCUT2D eigenvalue weighted by atomic mass is 10.0. The number of methoxy groups -OCH3 is 1. The summed E-state index contributed by atoms with van der Waals surface area (Å²) < 4.78 is 16.7. The summed E-state index contributed by atoms with van der Waals surface area (Å²) in [6, 6.07) is 12.9. The third-order valence-electron chi connectivity index (χ3n) is 4.39. The molecule has 1 heterocycles. The molecule has 31 heavy (non-hydrogen) atoms. The Morgan fingerprint density at radius 2 is 1.87 bits per heavy atom. The highest BCUT2D eigenvalue weighted by atomic mass is 79.9. The van der Waals surface area contributed by atoms with Gasteiger partial charge in [0.2, 0.25) is 0 Å². The SMILES string of the molecule is CCOC(=O)c1c(-c2ccc(OC)cc2)csc1NCc1cc(Br)ccc1OC(C)=O. The van der Waals surface area contributed by atoms with Gasteiger partial charge in [-0.05, 0) is 42.8 Å². The first kappa shape index (κ1) is 22.8. The molecule has 1 aromatic heterocycles. The number of halogens is 1. The van der Waals surface area contributed by atoms with E-state index >= 15 is 0 Å². The largest absolute Gasteiger partial charge is 0.497 e. The molecule has 0 saturated carbocycles. The van der Waals surface area contributed by atoms with Crippen LogP contribution in [0, 0.1) is 0 Å². The van der Waals surface area contributed by atoms with Gasteiger partial charge >= 0.3 is 11.9 Å². The van der Waals surface area contributed by atoms with E-state index in [1.165, 1.54) is 18.3 Å². The first-order chi connectivity index (χ1) is 14.9. The van der Waals surface area contributed by atoms with Crippen LogP contribution in [0.1, 0.15) is 29.8 Å². The van der Waals surface area contributed by atoms with Crippen LogP contribution >= 0.6 is 27.3 Å². The molecule has 0 aliphatic rings. The number of carbonyl (C=O) groups excluding carboxylic acids is 2. The van der Waals surface area contributed by atoms with Gasteiger partial charge < -0.3 is 19.5 Å². The summed E-state index contributed by atoms with van der Waals surface area (Å²) in [6.45, 7) is 3.77. The van der Waals surface area contributed by atoms with Crippen molar-refractivity contribution < 1.29 is 23.8 Å². The van der Waals surface area contributed by atoms with Gasteiger partial charge in [-0.3, -0.25) is 4.79 Å². The van der Waals surface area contributed by atoms with Crippen LogP contribution in [0.15, 0.2) is 52.3 Å². The van der Waals surface area contributed by atoms with E-state index in [0.29, 0.717) is 22.9 Å². The Morgan fingerprint density at radius 1 is 1.13 bits per heavy atom. The molecule has 2 aromatic carbocycles. The van der Waals surface area contributed by atoms with Crippen molar-refractivity contribution in [2.24, 2.45) is 0 Å². The van der Waals surface area contributed by atoms with E-state index in [4.69, 9.17) is 14.2 Å². The topological polar surface area (TPSA) is 73.9 Å². The Balaban J connectivity index is 1.93. The van der Waals surface area contributed by atoms with E-state index in [-0.39, 0.29) is 6.61 Å². The van der Waals surface area contributed by atoms with E-state index in [1.807, 2.05) is 35.7 Å². The van der Waals surface area contributed by atoms with Crippen molar-refractivity contribution in [2.75, 3.05) is 19.0 Å². The van der Waals surface area contributed by atoms with Crippen molar-refractivity contribution >= 4 is 44.2 Å². The fourth-order valence-corrected chi connectivity index (χ4v) is 4.36. The molecule has 162 valence electrons. The van der Waals surface area contributed by atoms with Crippen LogP contribution in [0.25, 0.3) is 11.1 Å². The van der Waals surface area contributed by atoms with Crippen LogP contribution in [-0.2, 0) is 16.1 Å². The Labute approximate surface area is 193 Å². The second kappa shape index (κ2) is 10.5. The molecular formula is C23H22BrNO5S. The Hall–Kier alpha value is -2.84. The third-order valence-corrected chi connectivity index (χ3v) is 5.82. The maximum atomic E-state index is 12.8. The lowest BCUT2D eigenvalue weighted by molar-refractivity contribution is -0.131. The summed E-state index contributed by atoms with van der Waals surface area (Å²) in [5.74, 6) is 0.413. The average Bonchev–Trinajstić information content (AvgIpc) is 3.18. The number of rotatable bonds is 8. The van der Waals surface area contributed by atoms with Crippen molar-refractivity contribution in [1.29, 1.82) is 0 Å². The minimum atomic E-state index is -0.397. The fourth-order valence-electron chi connectivity index (χ4n) is 2.99. The maximum absolute atomic E-state index is 12.8. The molecule has 0 unspecified atom stereocenters. The highest BCUT2D eigenvalue weighted by Crippen LogP contribution is 2.37. The van der Waals surface area contributed by atoms with E-state index in [2.05, 4.69) is 21.2 Å². The van der Waals surface area contributed by atoms with E-state index in [1.54, 1.807) is 26.2 Å². The molecule has 0 aliphatic carbocycles. The van der Waals surface area contributed by atoms with Gasteiger partial charge in [-0.15, -0.1) is 11.3 Å². The predicted octanol–water partition coefficient (Wildman–Crippen LogP) is 5.90. The van der Waals surface area contributed by atoms with Gasteiger partial charge in [-0.1, -0.05) is 28.1 Å². The van der Waals surface area contributed by atoms with Gasteiger partial charge in [0.25, 0.3) is 0 Å². The zero-order valence-corrected chi connectivity index (χ0v) is 19.8. The summed E-state index contributed by atoms with van der Waals surface area (Å²) >= 11 is 4.86. The molecule has 0 atom stereocenters. The van der Waals surface area contributed by atoms with Crippen molar-refractivity contribution in [3.63, 3.8) is 0 Å². The van der Waals surface area contributed by atoms with Gasteiger partial charge in [0.1, 0.15) is 22.1 Å². The van der Waals surface area contributed by atoms with Crippen molar-refractivity contribution in [2.45, 2.75) is 20.4 Å². The molecule has 3 aromatic rings. The minimum Gasteiger partial charge on any atom is -0.497 e. The second-order valence-electron chi connectivity index (χ2n) is 6.50. The van der Waals surface area contributed by atoms with Crippen LogP contribution < -0.4 is 14.8 Å². The number of ether oxygens (including phenoxy) is 3. The third kappa shape index (κ3) is 5.65. The molecule has 6 nitrogen and oxygen atoms in total. The van der Waals surface area contributed by atoms with Crippen LogP contribution in [0.2, 0.25) is 0 Å². The molecule has 8 heteroatoms. The quantitative estimate of drug-likeness (QED) is 0.304. The first-order valence-corrected chi connectivity index (χ1v) is 11.2. The number of benzene rings is 2. The summed E-state index contributed by atoms with van der Waals surface area (Å²) in [7, 11) is 1.61. The van der Waals surface area contributed by atoms with Crippen molar-refractivity contribution in [3.05, 3.63) is 63.4 Å². The van der Waals surface area contributed by atoms with Gasteiger partial charge in [-0.2, -0.15) is 0 Å². The molecule has 1 N–H and O–H groups in total. The highest BCUT2D eigenvalue weighted by Gasteiger charge is 2.22. The van der Waals surface area contributed by atoms with Gasteiger partial charge in [0, 0.05) is 34.4 Å². The number of esters is 2. The van der Waals surface area contributed by atoms with Gasteiger partial charge in [0.05, 0.1) is 13.7 Å². The standard InChI is InChI=1S/C23H22BrNO5S/c1-4-29-23(27)21-19(15-5-8-18(28-3)9-6-15)13-31-22(21)25-12-16-11-17(24)7-10-20(16)30-14(2)26/h5-11,13,25H,4,12H2,1-3H3. The summed E-state index contributed by atoms with van der Waals surface area (Å²) in [6.07, 6.45) is 0. The highest BCUT2D eigenvalue weighted by molar-refractivity contribution is 9.10. The van der Waals surface area contributed by atoms with E-state index < -0.39 is 11.9 Å².